The van der Waals surface area contributed by atoms with Crippen LogP contribution in [0.5, 0.6) is 0 Å². The molecule has 1 N–H and O–H groups in total. The molecule has 0 aromatic carbocycles. The Bertz CT molecular complexity index is 304. The molecular weight excluding hydrogens is 206 g/mol. The number of nitrogens with one attached hydrogen (secondary N) is 1. The molecule has 0 saturated carbocycles. The molecule has 1 fully saturated rings. The van der Waals surface area contributed by atoms with E-state index in [0.717, 1.165) is 19.8 Å². The van der Waals surface area contributed by atoms with E-state index in [1.807, 2.05) is 11.3 Å². The van der Waals surface area contributed by atoms with Crippen LogP contribution in [0.3, 0.4) is 0 Å². The molecule has 1 aliphatic heterocycles. The third-order valence-corrected chi connectivity index (χ3v) is 3.96. The van der Waals surface area contributed by atoms with Gasteiger partial charge in [0, 0.05) is 23.4 Å². The van der Waals surface area contributed by atoms with E-state index in [2.05, 4.69) is 30.6 Å². The lowest BCUT2D eigenvalue weighted by molar-refractivity contribution is 0.177. The highest BCUT2D eigenvalue weighted by Crippen LogP contribution is 2.32. The first kappa shape index (κ1) is 11.1. The van der Waals surface area contributed by atoms with Gasteiger partial charge in [-0.2, -0.15) is 0 Å². The minimum Gasteiger partial charge on any atom is -0.381 e. The van der Waals surface area contributed by atoms with Crippen molar-refractivity contribution in [2.75, 3.05) is 19.8 Å². The molecule has 3 heteroatoms. The number of rotatable bonds is 4. The average Bonchev–Trinajstić information content (AvgIpc) is 2.85. The summed E-state index contributed by atoms with van der Waals surface area (Å²) in [5, 5.41) is 5.78. The van der Waals surface area contributed by atoms with Crippen molar-refractivity contribution in [2.24, 2.45) is 5.92 Å². The molecular formula is C12H19NOS. The molecule has 2 nitrogen and oxygen atoms in total. The summed E-state index contributed by atoms with van der Waals surface area (Å²) in [5.74, 6) is 0.651. The molecule has 84 valence electrons. The Balaban J connectivity index is 2.15. The molecule has 0 aliphatic carbocycles. The predicted molar refractivity (Wildman–Crippen MR) is 64.4 cm³/mol. The number of ether oxygens (including phenoxy) is 1. The summed E-state index contributed by atoms with van der Waals surface area (Å²) in [6.07, 6.45) is 1.19. The molecule has 2 atom stereocenters. The standard InChI is InChI=1S/C12H19NOS/c1-3-13-12(10-4-6-14-8-10)11-5-7-15-9(11)2/h5,7,10,12-13H,3-4,6,8H2,1-2H3. The first-order valence-corrected chi connectivity index (χ1v) is 6.56. The Morgan fingerprint density at radius 3 is 3.07 bits per heavy atom. The highest BCUT2D eigenvalue weighted by Gasteiger charge is 2.27. The fraction of sp³-hybridized carbons (Fsp3) is 0.667. The third kappa shape index (κ3) is 2.41. The van der Waals surface area contributed by atoms with Gasteiger partial charge in [0.25, 0.3) is 0 Å². The molecule has 0 amide bonds. The van der Waals surface area contributed by atoms with Crippen molar-refractivity contribution in [2.45, 2.75) is 26.3 Å². The molecule has 1 aromatic rings. The maximum atomic E-state index is 5.49. The number of thiophene rings is 1. The molecule has 0 bridgehead atoms. The molecule has 2 rings (SSSR count). The molecule has 2 unspecified atom stereocenters. The van der Waals surface area contributed by atoms with Crippen LogP contribution in [0, 0.1) is 12.8 Å². The zero-order chi connectivity index (χ0) is 10.7. The van der Waals surface area contributed by atoms with Gasteiger partial charge in [-0.25, -0.2) is 0 Å². The van der Waals surface area contributed by atoms with Crippen molar-refractivity contribution in [3.8, 4) is 0 Å². The maximum absolute atomic E-state index is 5.49. The van der Waals surface area contributed by atoms with Gasteiger partial charge >= 0.3 is 0 Å². The highest BCUT2D eigenvalue weighted by molar-refractivity contribution is 7.10. The zero-order valence-electron chi connectivity index (χ0n) is 9.45. The minimum atomic E-state index is 0.490. The van der Waals surface area contributed by atoms with Gasteiger partial charge < -0.3 is 10.1 Å². The van der Waals surface area contributed by atoms with Crippen LogP contribution in [0.2, 0.25) is 0 Å². The SMILES string of the molecule is CCNC(c1ccsc1C)C1CCOC1. The third-order valence-electron chi connectivity index (χ3n) is 3.09. The molecule has 1 aromatic heterocycles. The van der Waals surface area contributed by atoms with Gasteiger partial charge in [-0.1, -0.05) is 6.92 Å². The average molecular weight is 225 g/mol. The van der Waals surface area contributed by atoms with Gasteiger partial charge in [0.05, 0.1) is 6.61 Å². The van der Waals surface area contributed by atoms with Crippen molar-refractivity contribution >= 4 is 11.3 Å². The summed E-state index contributed by atoms with van der Waals surface area (Å²) in [6.45, 7) is 7.24. The van der Waals surface area contributed by atoms with E-state index in [1.165, 1.54) is 16.9 Å². The normalized spacial score (nSPS) is 23.2. The van der Waals surface area contributed by atoms with E-state index in [-0.39, 0.29) is 0 Å². The van der Waals surface area contributed by atoms with Crippen LogP contribution in [0.1, 0.15) is 29.8 Å². The predicted octanol–water partition coefficient (Wildman–Crippen LogP) is 2.74. The Morgan fingerprint density at radius 2 is 2.53 bits per heavy atom. The Kier molecular flexibility index (Phi) is 3.78. The van der Waals surface area contributed by atoms with E-state index >= 15 is 0 Å². The first-order valence-electron chi connectivity index (χ1n) is 5.68. The van der Waals surface area contributed by atoms with Gasteiger partial charge in [-0.15, -0.1) is 11.3 Å². The highest BCUT2D eigenvalue weighted by atomic mass is 32.1. The molecule has 0 spiro atoms. The Hall–Kier alpha value is -0.380. The molecule has 0 radical (unpaired) electrons. The van der Waals surface area contributed by atoms with Crippen molar-refractivity contribution in [1.82, 2.24) is 5.32 Å². The summed E-state index contributed by atoms with van der Waals surface area (Å²) < 4.78 is 5.49. The van der Waals surface area contributed by atoms with E-state index < -0.39 is 0 Å². The second kappa shape index (κ2) is 5.10. The van der Waals surface area contributed by atoms with Crippen molar-refractivity contribution in [1.29, 1.82) is 0 Å². The fourth-order valence-electron chi connectivity index (χ4n) is 2.28. The smallest absolute Gasteiger partial charge is 0.0513 e. The fourth-order valence-corrected chi connectivity index (χ4v) is 3.03. The lowest BCUT2D eigenvalue weighted by Gasteiger charge is -2.23. The van der Waals surface area contributed by atoms with Crippen LogP contribution in [-0.2, 0) is 4.74 Å². The molecule has 1 aliphatic rings. The number of aryl methyl sites for hydroxylation is 1. The zero-order valence-corrected chi connectivity index (χ0v) is 10.3. The van der Waals surface area contributed by atoms with E-state index in [4.69, 9.17) is 4.74 Å². The summed E-state index contributed by atoms with van der Waals surface area (Å²) in [7, 11) is 0. The van der Waals surface area contributed by atoms with Gasteiger partial charge in [0.15, 0.2) is 0 Å². The van der Waals surface area contributed by atoms with E-state index in [1.54, 1.807) is 0 Å². The van der Waals surface area contributed by atoms with Crippen molar-refractivity contribution in [3.05, 3.63) is 21.9 Å². The van der Waals surface area contributed by atoms with Crippen LogP contribution in [0.25, 0.3) is 0 Å². The van der Waals surface area contributed by atoms with Gasteiger partial charge in [0.2, 0.25) is 0 Å². The summed E-state index contributed by atoms with van der Waals surface area (Å²) >= 11 is 1.84. The van der Waals surface area contributed by atoms with Gasteiger partial charge in [0.1, 0.15) is 0 Å². The quantitative estimate of drug-likeness (QED) is 0.850. The van der Waals surface area contributed by atoms with E-state index in [0.29, 0.717) is 12.0 Å². The van der Waals surface area contributed by atoms with E-state index in [9.17, 15) is 0 Å². The second-order valence-electron chi connectivity index (χ2n) is 4.09. The topological polar surface area (TPSA) is 21.3 Å². The number of hydrogen-bond donors (Lipinski definition) is 1. The summed E-state index contributed by atoms with van der Waals surface area (Å²) in [4.78, 5) is 1.44. The van der Waals surface area contributed by atoms with Crippen molar-refractivity contribution in [3.63, 3.8) is 0 Å². The Labute approximate surface area is 95.6 Å². The van der Waals surface area contributed by atoms with Crippen LogP contribution in [-0.4, -0.2) is 19.8 Å². The maximum Gasteiger partial charge on any atom is 0.0513 e. The van der Waals surface area contributed by atoms with Crippen LogP contribution < -0.4 is 5.32 Å². The lowest BCUT2D eigenvalue weighted by Crippen LogP contribution is -2.28. The second-order valence-corrected chi connectivity index (χ2v) is 5.21. The van der Waals surface area contributed by atoms with Gasteiger partial charge in [-0.05, 0) is 36.9 Å². The lowest BCUT2D eigenvalue weighted by atomic mass is 9.93. The Morgan fingerprint density at radius 1 is 1.67 bits per heavy atom. The molecule has 15 heavy (non-hydrogen) atoms. The largest absolute Gasteiger partial charge is 0.381 e. The number of hydrogen-bond acceptors (Lipinski definition) is 3. The van der Waals surface area contributed by atoms with Crippen LogP contribution in [0.4, 0.5) is 0 Å². The molecule has 2 heterocycles. The van der Waals surface area contributed by atoms with Gasteiger partial charge in [-0.3, -0.25) is 0 Å². The minimum absolute atomic E-state index is 0.490. The van der Waals surface area contributed by atoms with Crippen LogP contribution in [0.15, 0.2) is 11.4 Å². The van der Waals surface area contributed by atoms with Crippen molar-refractivity contribution < 1.29 is 4.74 Å². The molecule has 1 saturated heterocycles. The summed E-state index contributed by atoms with van der Waals surface area (Å²) in [6, 6.07) is 2.75. The van der Waals surface area contributed by atoms with Crippen LogP contribution >= 0.6 is 11.3 Å². The first-order chi connectivity index (χ1) is 7.33. The summed E-state index contributed by atoms with van der Waals surface area (Å²) in [5.41, 5.74) is 1.47. The monoisotopic (exact) mass is 225 g/mol.